The third kappa shape index (κ3) is 2.04. The van der Waals surface area contributed by atoms with Crippen LogP contribution in [0.2, 0.25) is 0 Å². The SMILES string of the molecule is Cc1nc(Oc2ccccc2CO)cc2n[nH]c(=O)n12. The predicted octanol–water partition coefficient (Wildman–Crippen LogP) is 1.01. The van der Waals surface area contributed by atoms with Gasteiger partial charge < -0.3 is 9.84 Å². The first kappa shape index (κ1) is 12.4. The molecule has 1 aromatic carbocycles. The maximum Gasteiger partial charge on any atom is 0.349 e. The van der Waals surface area contributed by atoms with Crippen molar-refractivity contribution in [2.45, 2.75) is 13.5 Å². The van der Waals surface area contributed by atoms with Crippen molar-refractivity contribution in [3.05, 3.63) is 52.2 Å². The van der Waals surface area contributed by atoms with Gasteiger partial charge in [0.1, 0.15) is 11.6 Å². The van der Waals surface area contributed by atoms with E-state index in [1.165, 1.54) is 4.40 Å². The fraction of sp³-hybridized carbons (Fsp3) is 0.154. The van der Waals surface area contributed by atoms with Crippen LogP contribution in [-0.4, -0.2) is 24.7 Å². The van der Waals surface area contributed by atoms with Crippen molar-refractivity contribution < 1.29 is 9.84 Å². The molecule has 0 radical (unpaired) electrons. The second-order valence-corrected chi connectivity index (χ2v) is 4.23. The number of aryl methyl sites for hydroxylation is 1. The van der Waals surface area contributed by atoms with Crippen LogP contribution in [0.3, 0.4) is 0 Å². The van der Waals surface area contributed by atoms with Crippen LogP contribution in [0.4, 0.5) is 0 Å². The van der Waals surface area contributed by atoms with Gasteiger partial charge in [0.15, 0.2) is 5.65 Å². The standard InChI is InChI=1S/C13H12N4O3/c1-8-14-12(6-11-15-16-13(19)17(8)11)20-10-5-3-2-4-9(10)7-18/h2-6,18H,7H2,1H3,(H,16,19). The maximum atomic E-state index is 11.5. The van der Waals surface area contributed by atoms with Gasteiger partial charge in [-0.2, -0.15) is 10.1 Å². The third-order valence-electron chi connectivity index (χ3n) is 2.90. The molecule has 0 amide bonds. The number of aromatic amines is 1. The predicted molar refractivity (Wildman–Crippen MR) is 70.8 cm³/mol. The zero-order chi connectivity index (χ0) is 14.1. The first-order chi connectivity index (χ1) is 9.69. The molecule has 2 aromatic heterocycles. The minimum Gasteiger partial charge on any atom is -0.438 e. The van der Waals surface area contributed by atoms with Gasteiger partial charge in [-0.1, -0.05) is 18.2 Å². The molecule has 0 spiro atoms. The van der Waals surface area contributed by atoms with Crippen molar-refractivity contribution >= 4 is 5.65 Å². The molecule has 0 saturated carbocycles. The van der Waals surface area contributed by atoms with E-state index < -0.39 is 0 Å². The smallest absolute Gasteiger partial charge is 0.349 e. The first-order valence-electron chi connectivity index (χ1n) is 6.00. The monoisotopic (exact) mass is 272 g/mol. The number of nitrogens with one attached hydrogen (secondary N) is 1. The number of benzene rings is 1. The molecule has 3 aromatic rings. The topological polar surface area (TPSA) is 92.5 Å². The first-order valence-corrected chi connectivity index (χ1v) is 6.00. The summed E-state index contributed by atoms with van der Waals surface area (Å²) in [6.45, 7) is 1.56. The van der Waals surface area contributed by atoms with Crippen LogP contribution in [0, 0.1) is 6.92 Å². The lowest BCUT2D eigenvalue weighted by molar-refractivity contribution is 0.276. The van der Waals surface area contributed by atoms with Crippen molar-refractivity contribution in [2.75, 3.05) is 0 Å². The molecule has 20 heavy (non-hydrogen) atoms. The van der Waals surface area contributed by atoms with E-state index in [0.29, 0.717) is 28.7 Å². The summed E-state index contributed by atoms with van der Waals surface area (Å²) in [4.78, 5) is 15.7. The largest absolute Gasteiger partial charge is 0.438 e. The molecule has 0 aliphatic heterocycles. The van der Waals surface area contributed by atoms with Gasteiger partial charge in [0.2, 0.25) is 5.88 Å². The second-order valence-electron chi connectivity index (χ2n) is 4.23. The molecular formula is C13H12N4O3. The number of aliphatic hydroxyl groups is 1. The molecule has 0 aliphatic carbocycles. The number of hydrogen-bond donors (Lipinski definition) is 2. The molecule has 0 unspecified atom stereocenters. The van der Waals surface area contributed by atoms with E-state index in [0.717, 1.165) is 0 Å². The Bertz CT molecular complexity index is 822. The summed E-state index contributed by atoms with van der Waals surface area (Å²) >= 11 is 0. The summed E-state index contributed by atoms with van der Waals surface area (Å²) in [5, 5.41) is 15.5. The zero-order valence-electron chi connectivity index (χ0n) is 10.7. The highest BCUT2D eigenvalue weighted by molar-refractivity contribution is 5.43. The van der Waals surface area contributed by atoms with E-state index in [2.05, 4.69) is 15.2 Å². The number of fused-ring (bicyclic) bond motifs is 1. The number of H-pyrrole nitrogens is 1. The molecule has 102 valence electrons. The normalized spacial score (nSPS) is 10.9. The fourth-order valence-electron chi connectivity index (χ4n) is 1.97. The van der Waals surface area contributed by atoms with Crippen LogP contribution in [-0.2, 0) is 6.61 Å². The Morgan fingerprint density at radius 1 is 1.40 bits per heavy atom. The van der Waals surface area contributed by atoms with Crippen molar-refractivity contribution in [3.8, 4) is 11.6 Å². The molecule has 7 nitrogen and oxygen atoms in total. The third-order valence-corrected chi connectivity index (χ3v) is 2.90. The molecule has 0 bridgehead atoms. The highest BCUT2D eigenvalue weighted by Gasteiger charge is 2.10. The van der Waals surface area contributed by atoms with Crippen LogP contribution in [0.5, 0.6) is 11.6 Å². The molecule has 0 atom stereocenters. The Labute approximate surface area is 113 Å². The number of nitrogens with zero attached hydrogens (tertiary/aromatic N) is 3. The average Bonchev–Trinajstić information content (AvgIpc) is 2.81. The van der Waals surface area contributed by atoms with Crippen LogP contribution in [0.25, 0.3) is 5.65 Å². The minimum atomic E-state index is -0.340. The van der Waals surface area contributed by atoms with Crippen molar-refractivity contribution in [1.82, 2.24) is 19.6 Å². The lowest BCUT2D eigenvalue weighted by atomic mass is 10.2. The Balaban J connectivity index is 2.05. The molecule has 7 heteroatoms. The van der Waals surface area contributed by atoms with Gasteiger partial charge in [-0.25, -0.2) is 14.3 Å². The summed E-state index contributed by atoms with van der Waals surface area (Å²) < 4.78 is 7.01. The van der Waals surface area contributed by atoms with E-state index in [1.807, 2.05) is 6.07 Å². The Hall–Kier alpha value is -2.67. The molecule has 2 N–H and O–H groups in total. The van der Waals surface area contributed by atoms with Crippen LogP contribution >= 0.6 is 0 Å². The average molecular weight is 272 g/mol. The van der Waals surface area contributed by atoms with Crippen molar-refractivity contribution in [3.63, 3.8) is 0 Å². The highest BCUT2D eigenvalue weighted by atomic mass is 16.5. The molecule has 0 aliphatic rings. The van der Waals surface area contributed by atoms with E-state index in [1.54, 1.807) is 31.2 Å². The molecule has 0 fully saturated rings. The second kappa shape index (κ2) is 4.78. The summed E-state index contributed by atoms with van der Waals surface area (Å²) in [7, 11) is 0. The van der Waals surface area contributed by atoms with Gasteiger partial charge in [-0.15, -0.1) is 0 Å². The summed E-state index contributed by atoms with van der Waals surface area (Å²) in [6, 6.07) is 8.68. The molecular weight excluding hydrogens is 260 g/mol. The van der Waals surface area contributed by atoms with Crippen molar-refractivity contribution in [1.29, 1.82) is 0 Å². The molecule has 2 heterocycles. The van der Waals surface area contributed by atoms with E-state index in [4.69, 9.17) is 4.74 Å². The Kier molecular flexibility index (Phi) is 2.96. The zero-order valence-corrected chi connectivity index (χ0v) is 10.7. The summed E-state index contributed by atoms with van der Waals surface area (Å²) in [5.41, 5.74) is 0.748. The van der Waals surface area contributed by atoms with Crippen LogP contribution in [0.1, 0.15) is 11.4 Å². The Morgan fingerprint density at radius 3 is 3.00 bits per heavy atom. The number of hydrogen-bond acceptors (Lipinski definition) is 5. The lowest BCUT2D eigenvalue weighted by Crippen LogP contribution is -2.13. The van der Waals surface area contributed by atoms with Gasteiger partial charge in [0.05, 0.1) is 6.61 Å². The van der Waals surface area contributed by atoms with Gasteiger partial charge in [0, 0.05) is 11.6 Å². The highest BCUT2D eigenvalue weighted by Crippen LogP contribution is 2.24. The molecule has 0 saturated heterocycles. The van der Waals surface area contributed by atoms with E-state index >= 15 is 0 Å². The number of ether oxygens (including phenoxy) is 1. The molecule has 3 rings (SSSR count). The summed E-state index contributed by atoms with van der Waals surface area (Å²) in [6.07, 6.45) is 0. The number of para-hydroxylation sites is 1. The lowest BCUT2D eigenvalue weighted by Gasteiger charge is -2.09. The van der Waals surface area contributed by atoms with Gasteiger partial charge in [-0.3, -0.25) is 0 Å². The Morgan fingerprint density at radius 2 is 2.20 bits per heavy atom. The summed E-state index contributed by atoms with van der Waals surface area (Å²) in [5.74, 6) is 1.30. The van der Waals surface area contributed by atoms with Crippen LogP contribution < -0.4 is 10.4 Å². The minimum absolute atomic E-state index is 0.126. The van der Waals surface area contributed by atoms with Crippen LogP contribution in [0.15, 0.2) is 35.1 Å². The number of aromatic nitrogens is 4. The van der Waals surface area contributed by atoms with Gasteiger partial charge in [-0.05, 0) is 13.0 Å². The van der Waals surface area contributed by atoms with E-state index in [-0.39, 0.29) is 12.3 Å². The quantitative estimate of drug-likeness (QED) is 0.742. The van der Waals surface area contributed by atoms with Crippen molar-refractivity contribution in [2.24, 2.45) is 0 Å². The maximum absolute atomic E-state index is 11.5. The fourth-order valence-corrected chi connectivity index (χ4v) is 1.97. The van der Waals surface area contributed by atoms with Gasteiger partial charge >= 0.3 is 5.69 Å². The van der Waals surface area contributed by atoms with Gasteiger partial charge in [0.25, 0.3) is 0 Å². The number of aliphatic hydroxyl groups excluding tert-OH is 1. The van der Waals surface area contributed by atoms with E-state index in [9.17, 15) is 9.90 Å². The number of rotatable bonds is 3.